The quantitative estimate of drug-likeness (QED) is 0.820. The van der Waals surface area contributed by atoms with Gasteiger partial charge < -0.3 is 10.1 Å². The molecule has 0 radical (unpaired) electrons. The molecule has 0 atom stereocenters. The fourth-order valence-electron chi connectivity index (χ4n) is 1.46. The van der Waals surface area contributed by atoms with E-state index in [1.807, 2.05) is 25.1 Å². The third kappa shape index (κ3) is 4.88. The number of rotatable bonds is 6. The second-order valence-electron chi connectivity index (χ2n) is 3.92. The van der Waals surface area contributed by atoms with Gasteiger partial charge in [-0.15, -0.1) is 0 Å². The van der Waals surface area contributed by atoms with Crippen LogP contribution >= 0.6 is 15.9 Å². The van der Waals surface area contributed by atoms with Crippen LogP contribution in [0.1, 0.15) is 28.8 Å². The zero-order valence-electron chi connectivity index (χ0n) is 10.3. The molecule has 1 rings (SSSR count). The van der Waals surface area contributed by atoms with Crippen molar-refractivity contribution >= 4 is 21.8 Å². The number of benzene rings is 1. The molecule has 1 N–H and O–H groups in total. The first-order valence-electron chi connectivity index (χ1n) is 5.68. The molecule has 1 aromatic rings. The molecule has 0 fully saturated rings. The lowest BCUT2D eigenvalue weighted by atomic mass is 10.1. The monoisotopic (exact) mass is 299 g/mol. The number of carbonyl (C=O) groups is 1. The molecule has 1 aromatic carbocycles. The number of aryl methyl sites for hydroxylation is 1. The van der Waals surface area contributed by atoms with Gasteiger partial charge in [-0.25, -0.2) is 0 Å². The number of nitrogens with one attached hydrogen (secondary N) is 1. The highest BCUT2D eigenvalue weighted by Crippen LogP contribution is 2.16. The molecule has 0 bridgehead atoms. The molecular weight excluding hydrogens is 282 g/mol. The second kappa shape index (κ2) is 7.45. The molecule has 0 spiro atoms. The molecule has 4 heteroatoms. The van der Waals surface area contributed by atoms with Gasteiger partial charge >= 0.3 is 0 Å². The molecule has 0 saturated carbocycles. The summed E-state index contributed by atoms with van der Waals surface area (Å²) in [5.41, 5.74) is 1.77. The average molecular weight is 300 g/mol. The molecule has 1 amide bonds. The zero-order chi connectivity index (χ0) is 12.7. The topological polar surface area (TPSA) is 38.3 Å². The molecule has 3 nitrogen and oxygen atoms in total. The normalized spacial score (nSPS) is 10.3. The van der Waals surface area contributed by atoms with E-state index < -0.39 is 0 Å². The van der Waals surface area contributed by atoms with Gasteiger partial charge in [-0.2, -0.15) is 0 Å². The Morgan fingerprint density at radius 2 is 2.18 bits per heavy atom. The van der Waals surface area contributed by atoms with Gasteiger partial charge in [0.1, 0.15) is 0 Å². The van der Waals surface area contributed by atoms with Gasteiger partial charge in [0.05, 0.1) is 0 Å². The van der Waals surface area contributed by atoms with Gasteiger partial charge in [0.15, 0.2) is 0 Å². The van der Waals surface area contributed by atoms with Gasteiger partial charge in [0, 0.05) is 30.3 Å². The maximum Gasteiger partial charge on any atom is 0.251 e. The van der Waals surface area contributed by atoms with E-state index in [4.69, 9.17) is 4.74 Å². The van der Waals surface area contributed by atoms with Crippen LogP contribution in [0.15, 0.2) is 22.7 Å². The van der Waals surface area contributed by atoms with Crippen LogP contribution in [0.25, 0.3) is 0 Å². The Balaban J connectivity index is 2.39. The second-order valence-corrected chi connectivity index (χ2v) is 4.77. The van der Waals surface area contributed by atoms with Crippen molar-refractivity contribution in [3.05, 3.63) is 33.8 Å². The Kier molecular flexibility index (Phi) is 6.22. The van der Waals surface area contributed by atoms with Crippen molar-refractivity contribution in [2.45, 2.75) is 19.8 Å². The lowest BCUT2D eigenvalue weighted by Gasteiger charge is -2.06. The summed E-state index contributed by atoms with van der Waals surface area (Å²) in [7, 11) is 1.68. The van der Waals surface area contributed by atoms with Crippen LogP contribution in [0.2, 0.25) is 0 Å². The van der Waals surface area contributed by atoms with E-state index in [0.717, 1.165) is 29.5 Å². The van der Waals surface area contributed by atoms with Gasteiger partial charge in [0.25, 0.3) is 5.91 Å². The third-order valence-corrected chi connectivity index (χ3v) is 3.37. The van der Waals surface area contributed by atoms with Crippen molar-refractivity contribution < 1.29 is 9.53 Å². The fourth-order valence-corrected chi connectivity index (χ4v) is 1.71. The predicted octanol–water partition coefficient (Wildman–Crippen LogP) is 2.91. The summed E-state index contributed by atoms with van der Waals surface area (Å²) in [5.74, 6) is -0.0157. The molecule has 0 aliphatic rings. The minimum atomic E-state index is -0.0157. The largest absolute Gasteiger partial charge is 0.385 e. The Labute approximate surface area is 111 Å². The highest BCUT2D eigenvalue weighted by molar-refractivity contribution is 9.10. The number of hydrogen-bond acceptors (Lipinski definition) is 2. The first kappa shape index (κ1) is 14.2. The standard InChI is InChI=1S/C13H18BrNO2/c1-10-9-11(5-6-12(10)14)13(16)15-7-3-4-8-17-2/h5-6,9H,3-4,7-8H2,1-2H3,(H,15,16). The molecule has 0 aliphatic carbocycles. The Morgan fingerprint density at radius 1 is 1.41 bits per heavy atom. The molecular formula is C13H18BrNO2. The first-order valence-corrected chi connectivity index (χ1v) is 6.47. The number of ether oxygens (including phenoxy) is 1. The smallest absolute Gasteiger partial charge is 0.251 e. The molecule has 0 saturated heterocycles. The highest BCUT2D eigenvalue weighted by Gasteiger charge is 2.05. The number of amides is 1. The molecule has 0 heterocycles. The van der Waals surface area contributed by atoms with Crippen LogP contribution in [0.4, 0.5) is 0 Å². The SMILES string of the molecule is COCCCCNC(=O)c1ccc(Br)c(C)c1. The maximum atomic E-state index is 11.8. The molecule has 0 aromatic heterocycles. The van der Waals surface area contributed by atoms with E-state index in [1.54, 1.807) is 7.11 Å². The van der Waals surface area contributed by atoms with Gasteiger partial charge in [-0.3, -0.25) is 4.79 Å². The fraction of sp³-hybridized carbons (Fsp3) is 0.462. The number of methoxy groups -OCH3 is 1. The van der Waals surface area contributed by atoms with E-state index in [1.165, 1.54) is 0 Å². The first-order chi connectivity index (χ1) is 8.15. The third-order valence-electron chi connectivity index (χ3n) is 2.48. The van der Waals surface area contributed by atoms with E-state index in [2.05, 4.69) is 21.2 Å². The molecule has 0 aliphatic heterocycles. The summed E-state index contributed by atoms with van der Waals surface area (Å²) >= 11 is 3.41. The van der Waals surface area contributed by atoms with E-state index in [0.29, 0.717) is 12.1 Å². The van der Waals surface area contributed by atoms with Crippen LogP contribution < -0.4 is 5.32 Å². The summed E-state index contributed by atoms with van der Waals surface area (Å²) in [6.07, 6.45) is 1.91. The Hall–Kier alpha value is -0.870. The van der Waals surface area contributed by atoms with E-state index >= 15 is 0 Å². The summed E-state index contributed by atoms with van der Waals surface area (Å²) in [4.78, 5) is 11.8. The predicted molar refractivity (Wildman–Crippen MR) is 72.3 cm³/mol. The summed E-state index contributed by atoms with van der Waals surface area (Å²) in [5, 5.41) is 2.89. The van der Waals surface area contributed by atoms with Crippen molar-refractivity contribution in [1.29, 1.82) is 0 Å². The number of carbonyl (C=O) groups excluding carboxylic acids is 1. The van der Waals surface area contributed by atoms with Crippen molar-refractivity contribution in [2.24, 2.45) is 0 Å². The van der Waals surface area contributed by atoms with E-state index in [9.17, 15) is 4.79 Å². The van der Waals surface area contributed by atoms with Gasteiger partial charge in [-0.05, 0) is 43.5 Å². The summed E-state index contributed by atoms with van der Waals surface area (Å²) < 4.78 is 5.97. The van der Waals surface area contributed by atoms with Crippen molar-refractivity contribution in [2.75, 3.05) is 20.3 Å². The summed E-state index contributed by atoms with van der Waals surface area (Å²) in [6.45, 7) is 3.41. The lowest BCUT2D eigenvalue weighted by Crippen LogP contribution is -2.24. The van der Waals surface area contributed by atoms with Crippen LogP contribution in [0.3, 0.4) is 0 Å². The molecule has 17 heavy (non-hydrogen) atoms. The summed E-state index contributed by atoms with van der Waals surface area (Å²) in [6, 6.07) is 5.60. The van der Waals surface area contributed by atoms with Gasteiger partial charge in [0.2, 0.25) is 0 Å². The van der Waals surface area contributed by atoms with Gasteiger partial charge in [-0.1, -0.05) is 15.9 Å². The number of halogens is 1. The maximum absolute atomic E-state index is 11.8. The van der Waals surface area contributed by atoms with Crippen LogP contribution in [-0.2, 0) is 4.74 Å². The number of unbranched alkanes of at least 4 members (excludes halogenated alkanes) is 1. The van der Waals surface area contributed by atoms with Crippen molar-refractivity contribution in [3.8, 4) is 0 Å². The van der Waals surface area contributed by atoms with Crippen LogP contribution in [0, 0.1) is 6.92 Å². The molecule has 94 valence electrons. The minimum absolute atomic E-state index is 0.0157. The van der Waals surface area contributed by atoms with Crippen molar-refractivity contribution in [3.63, 3.8) is 0 Å². The zero-order valence-corrected chi connectivity index (χ0v) is 11.8. The minimum Gasteiger partial charge on any atom is -0.385 e. The highest BCUT2D eigenvalue weighted by atomic mass is 79.9. The van der Waals surface area contributed by atoms with Crippen LogP contribution in [0.5, 0.6) is 0 Å². The number of hydrogen-bond donors (Lipinski definition) is 1. The van der Waals surface area contributed by atoms with E-state index in [-0.39, 0.29) is 5.91 Å². The Morgan fingerprint density at radius 3 is 2.82 bits per heavy atom. The van der Waals surface area contributed by atoms with Crippen LogP contribution in [-0.4, -0.2) is 26.2 Å². The Bertz CT molecular complexity index is 380. The lowest BCUT2D eigenvalue weighted by molar-refractivity contribution is 0.0951. The molecule has 0 unspecified atom stereocenters. The van der Waals surface area contributed by atoms with Crippen molar-refractivity contribution in [1.82, 2.24) is 5.32 Å². The average Bonchev–Trinajstić information content (AvgIpc) is 2.32.